The molecule has 0 radical (unpaired) electrons. The number of hydrogen-bond donors (Lipinski definition) is 1. The first-order valence-corrected chi connectivity index (χ1v) is 6.78. The quantitative estimate of drug-likeness (QED) is 0.885. The lowest BCUT2D eigenvalue weighted by atomic mass is 9.95. The summed E-state index contributed by atoms with van der Waals surface area (Å²) < 4.78 is 10.6. The Bertz CT molecular complexity index is 433. The molecule has 3 rings (SSSR count). The topological polar surface area (TPSA) is 30.5 Å². The smallest absolute Gasteiger partial charge is 0.162 e. The van der Waals surface area contributed by atoms with Crippen LogP contribution in [0, 0.1) is 11.8 Å². The van der Waals surface area contributed by atoms with Crippen LogP contribution in [0.3, 0.4) is 0 Å². The molecule has 0 unspecified atom stereocenters. The minimum absolute atomic E-state index is 0.654. The zero-order valence-corrected chi connectivity index (χ0v) is 11.1. The second kappa shape index (κ2) is 4.71. The van der Waals surface area contributed by atoms with Gasteiger partial charge in [0.05, 0.1) is 14.2 Å². The molecule has 18 heavy (non-hydrogen) atoms. The molecule has 98 valence electrons. The van der Waals surface area contributed by atoms with Crippen molar-refractivity contribution in [3.05, 3.63) is 18.2 Å². The summed E-state index contributed by atoms with van der Waals surface area (Å²) in [5.74, 6) is 3.43. The second-order valence-electron chi connectivity index (χ2n) is 5.50. The number of nitrogens with one attached hydrogen (secondary N) is 1. The fourth-order valence-electron chi connectivity index (χ4n) is 3.56. The molecule has 0 amide bonds. The highest BCUT2D eigenvalue weighted by Crippen LogP contribution is 2.45. The third-order valence-electron chi connectivity index (χ3n) is 4.47. The Balaban J connectivity index is 1.73. The molecule has 2 aliphatic carbocycles. The van der Waals surface area contributed by atoms with Gasteiger partial charge in [0.15, 0.2) is 11.5 Å². The number of methoxy groups -OCH3 is 2. The van der Waals surface area contributed by atoms with E-state index in [1.54, 1.807) is 14.2 Å². The van der Waals surface area contributed by atoms with Crippen LogP contribution in [-0.2, 0) is 0 Å². The van der Waals surface area contributed by atoms with Crippen molar-refractivity contribution in [3.63, 3.8) is 0 Å². The van der Waals surface area contributed by atoms with Gasteiger partial charge in [-0.05, 0) is 43.2 Å². The van der Waals surface area contributed by atoms with Crippen LogP contribution in [-0.4, -0.2) is 20.3 Å². The number of benzene rings is 1. The van der Waals surface area contributed by atoms with Gasteiger partial charge in [0.2, 0.25) is 0 Å². The molecule has 1 aromatic carbocycles. The lowest BCUT2D eigenvalue weighted by Gasteiger charge is -2.24. The first-order chi connectivity index (χ1) is 8.80. The lowest BCUT2D eigenvalue weighted by Crippen LogP contribution is -2.25. The van der Waals surface area contributed by atoms with E-state index in [1.807, 2.05) is 12.1 Å². The van der Waals surface area contributed by atoms with Gasteiger partial charge in [-0.3, -0.25) is 0 Å². The zero-order chi connectivity index (χ0) is 12.5. The van der Waals surface area contributed by atoms with Crippen LogP contribution in [0.15, 0.2) is 18.2 Å². The van der Waals surface area contributed by atoms with Crippen LogP contribution >= 0.6 is 0 Å². The minimum atomic E-state index is 0.654. The van der Waals surface area contributed by atoms with E-state index in [0.717, 1.165) is 29.0 Å². The van der Waals surface area contributed by atoms with Crippen molar-refractivity contribution in [2.24, 2.45) is 11.8 Å². The number of rotatable bonds is 4. The third kappa shape index (κ3) is 2.02. The van der Waals surface area contributed by atoms with Crippen LogP contribution in [0.4, 0.5) is 5.69 Å². The maximum Gasteiger partial charge on any atom is 0.162 e. The lowest BCUT2D eigenvalue weighted by molar-refractivity contribution is 0.355. The van der Waals surface area contributed by atoms with E-state index in [4.69, 9.17) is 9.47 Å². The summed E-state index contributed by atoms with van der Waals surface area (Å²) in [6.45, 7) is 0. The van der Waals surface area contributed by atoms with Crippen molar-refractivity contribution >= 4 is 5.69 Å². The minimum Gasteiger partial charge on any atom is -0.493 e. The van der Waals surface area contributed by atoms with E-state index >= 15 is 0 Å². The van der Waals surface area contributed by atoms with E-state index < -0.39 is 0 Å². The van der Waals surface area contributed by atoms with E-state index in [9.17, 15) is 0 Å². The molecule has 2 fully saturated rings. The van der Waals surface area contributed by atoms with Crippen molar-refractivity contribution in [1.82, 2.24) is 0 Å². The first-order valence-electron chi connectivity index (χ1n) is 6.78. The van der Waals surface area contributed by atoms with Crippen LogP contribution in [0.5, 0.6) is 11.5 Å². The molecule has 0 saturated heterocycles. The van der Waals surface area contributed by atoms with Gasteiger partial charge in [-0.2, -0.15) is 0 Å². The predicted octanol–water partition coefficient (Wildman–Crippen LogP) is 3.30. The average molecular weight is 247 g/mol. The summed E-state index contributed by atoms with van der Waals surface area (Å²) in [5, 5.41) is 3.66. The Morgan fingerprint density at radius 1 is 1.06 bits per heavy atom. The van der Waals surface area contributed by atoms with Gasteiger partial charge < -0.3 is 14.8 Å². The Labute approximate surface area is 108 Å². The van der Waals surface area contributed by atoms with E-state index in [1.165, 1.54) is 25.7 Å². The van der Waals surface area contributed by atoms with Crippen LogP contribution < -0.4 is 14.8 Å². The monoisotopic (exact) mass is 247 g/mol. The van der Waals surface area contributed by atoms with Gasteiger partial charge in [-0.15, -0.1) is 0 Å². The number of ether oxygens (including phenoxy) is 2. The summed E-state index contributed by atoms with van der Waals surface area (Å²) in [6, 6.07) is 6.73. The van der Waals surface area contributed by atoms with Crippen LogP contribution in [0.1, 0.15) is 25.7 Å². The second-order valence-corrected chi connectivity index (χ2v) is 5.50. The highest BCUT2D eigenvalue weighted by atomic mass is 16.5. The molecule has 0 aromatic heterocycles. The first kappa shape index (κ1) is 11.7. The molecule has 2 saturated carbocycles. The Hall–Kier alpha value is -1.38. The maximum absolute atomic E-state index is 5.34. The van der Waals surface area contributed by atoms with Crippen LogP contribution in [0.25, 0.3) is 0 Å². The van der Waals surface area contributed by atoms with Gasteiger partial charge in [0.25, 0.3) is 0 Å². The molecule has 3 heteroatoms. The van der Waals surface area contributed by atoms with E-state index in [0.29, 0.717) is 6.04 Å². The van der Waals surface area contributed by atoms with E-state index in [-0.39, 0.29) is 0 Å². The number of hydrogen-bond acceptors (Lipinski definition) is 3. The third-order valence-corrected chi connectivity index (χ3v) is 4.47. The summed E-state index contributed by atoms with van der Waals surface area (Å²) in [7, 11) is 3.35. The molecule has 3 nitrogen and oxygen atoms in total. The summed E-state index contributed by atoms with van der Waals surface area (Å²) in [5.41, 5.74) is 1.14. The molecule has 2 bridgehead atoms. The van der Waals surface area contributed by atoms with Crippen molar-refractivity contribution in [1.29, 1.82) is 0 Å². The summed E-state index contributed by atoms with van der Waals surface area (Å²) >= 11 is 0. The van der Waals surface area contributed by atoms with Crippen LogP contribution in [0.2, 0.25) is 0 Å². The predicted molar refractivity (Wildman–Crippen MR) is 72.4 cm³/mol. The molecule has 3 atom stereocenters. The zero-order valence-electron chi connectivity index (χ0n) is 11.1. The Morgan fingerprint density at radius 3 is 2.50 bits per heavy atom. The van der Waals surface area contributed by atoms with Crippen molar-refractivity contribution in [2.45, 2.75) is 31.7 Å². The molecule has 2 aliphatic rings. The molecule has 0 spiro atoms. The molecule has 0 heterocycles. The number of fused-ring (bicyclic) bond motifs is 2. The van der Waals surface area contributed by atoms with Gasteiger partial charge in [-0.25, -0.2) is 0 Å². The highest BCUT2D eigenvalue weighted by molar-refractivity contribution is 5.55. The summed E-state index contributed by atoms with van der Waals surface area (Å²) in [6.07, 6.45) is 5.59. The van der Waals surface area contributed by atoms with Crippen molar-refractivity contribution < 1.29 is 9.47 Å². The normalized spacial score (nSPS) is 29.3. The maximum atomic E-state index is 5.34. The highest BCUT2D eigenvalue weighted by Gasteiger charge is 2.39. The van der Waals surface area contributed by atoms with E-state index in [2.05, 4.69) is 11.4 Å². The summed E-state index contributed by atoms with van der Waals surface area (Å²) in [4.78, 5) is 0. The number of anilines is 1. The largest absolute Gasteiger partial charge is 0.493 e. The SMILES string of the molecule is COc1ccc(N[C@H]2C[C@H]3CC[C@H]2C3)cc1OC. The fraction of sp³-hybridized carbons (Fsp3) is 0.600. The van der Waals surface area contributed by atoms with Gasteiger partial charge in [0.1, 0.15) is 0 Å². The van der Waals surface area contributed by atoms with Gasteiger partial charge in [-0.1, -0.05) is 6.42 Å². The average Bonchev–Trinajstić information content (AvgIpc) is 3.01. The Morgan fingerprint density at radius 2 is 1.89 bits per heavy atom. The standard InChI is InChI=1S/C15H21NO2/c1-17-14-6-5-12(9-15(14)18-2)16-13-8-10-3-4-11(13)7-10/h5-6,9-11,13,16H,3-4,7-8H2,1-2H3/t10-,11-,13-/m0/s1. The molecule has 0 aliphatic heterocycles. The van der Waals surface area contributed by atoms with Crippen molar-refractivity contribution in [3.8, 4) is 11.5 Å². The van der Waals surface area contributed by atoms with Gasteiger partial charge >= 0.3 is 0 Å². The molecule has 1 N–H and O–H groups in total. The van der Waals surface area contributed by atoms with Crippen molar-refractivity contribution in [2.75, 3.05) is 19.5 Å². The molecular weight excluding hydrogens is 226 g/mol. The Kier molecular flexibility index (Phi) is 3.06. The molecular formula is C15H21NO2. The molecule has 1 aromatic rings. The van der Waals surface area contributed by atoms with Gasteiger partial charge in [0, 0.05) is 17.8 Å². The fourth-order valence-corrected chi connectivity index (χ4v) is 3.56.